The molecule has 0 saturated heterocycles. The fraction of sp³-hybridized carbons (Fsp3) is 0.429. The number of nitrogens with zero attached hydrogens (tertiary/aromatic N) is 1. The molecule has 0 aliphatic carbocycles. The van der Waals surface area contributed by atoms with Crippen LogP contribution in [0.15, 0.2) is 24.3 Å². The fourth-order valence-corrected chi connectivity index (χ4v) is 2.62. The van der Waals surface area contributed by atoms with Gasteiger partial charge in [-0.15, -0.1) is 0 Å². The van der Waals surface area contributed by atoms with E-state index in [2.05, 4.69) is 0 Å². The number of hydrogen-bond acceptors (Lipinski definition) is 4. The molecule has 1 aromatic rings. The van der Waals surface area contributed by atoms with Gasteiger partial charge in [-0.3, -0.25) is 9.59 Å². The number of aliphatic carboxylic acids is 1. The van der Waals surface area contributed by atoms with E-state index in [9.17, 15) is 18.0 Å². The largest absolute Gasteiger partial charge is 0.480 e. The lowest BCUT2D eigenvalue weighted by Gasteiger charge is -2.21. The molecular weight excluding hydrogens is 330 g/mol. The van der Waals surface area contributed by atoms with Gasteiger partial charge >= 0.3 is 5.97 Å². The molecule has 0 fully saturated rings. The molecule has 0 bridgehead atoms. The molecule has 1 rings (SSSR count). The monoisotopic (exact) mass is 347 g/mol. The van der Waals surface area contributed by atoms with E-state index in [0.717, 1.165) is 4.90 Å². The maximum atomic E-state index is 12.1. The van der Waals surface area contributed by atoms with Crippen molar-refractivity contribution < 1.29 is 23.1 Å². The first-order chi connectivity index (χ1) is 10.1. The zero-order chi connectivity index (χ0) is 16.9. The number of sulfone groups is 1. The van der Waals surface area contributed by atoms with E-state index in [4.69, 9.17) is 16.7 Å². The van der Waals surface area contributed by atoms with Crippen molar-refractivity contribution in [3.63, 3.8) is 0 Å². The molecule has 0 aliphatic rings. The third kappa shape index (κ3) is 5.65. The normalized spacial score (nSPS) is 11.5. The maximum absolute atomic E-state index is 12.1. The predicted molar refractivity (Wildman–Crippen MR) is 83.4 cm³/mol. The Morgan fingerprint density at radius 1 is 1.23 bits per heavy atom. The third-order valence-electron chi connectivity index (χ3n) is 3.01. The van der Waals surface area contributed by atoms with Gasteiger partial charge in [-0.2, -0.15) is 0 Å². The molecule has 0 heterocycles. The van der Waals surface area contributed by atoms with Crippen LogP contribution >= 0.6 is 11.6 Å². The third-order valence-corrected chi connectivity index (χ3v) is 5.35. The Labute approximate surface area is 134 Å². The van der Waals surface area contributed by atoms with Crippen LogP contribution in [0.4, 0.5) is 0 Å². The summed E-state index contributed by atoms with van der Waals surface area (Å²) >= 11 is 5.76. The second-order valence-electron chi connectivity index (χ2n) is 5.13. The second-order valence-corrected chi connectivity index (χ2v) is 8.12. The highest BCUT2D eigenvalue weighted by molar-refractivity contribution is 7.92. The van der Waals surface area contributed by atoms with Crippen molar-refractivity contribution in [3.05, 3.63) is 34.9 Å². The summed E-state index contributed by atoms with van der Waals surface area (Å²) in [5, 5.41) is 8.72. The highest BCUT2D eigenvalue weighted by Gasteiger charge is 2.25. The molecule has 0 aromatic heterocycles. The van der Waals surface area contributed by atoms with E-state index in [1.54, 1.807) is 24.3 Å². The van der Waals surface area contributed by atoms with Crippen molar-refractivity contribution in [2.75, 3.05) is 12.3 Å². The Hall–Kier alpha value is -1.60. The van der Waals surface area contributed by atoms with Crippen molar-refractivity contribution in [2.24, 2.45) is 0 Å². The summed E-state index contributed by atoms with van der Waals surface area (Å²) in [7, 11) is -3.58. The first-order valence-electron chi connectivity index (χ1n) is 6.57. The molecule has 0 aliphatic heterocycles. The van der Waals surface area contributed by atoms with Crippen LogP contribution in [0.25, 0.3) is 0 Å². The fourth-order valence-electron chi connectivity index (χ4n) is 1.64. The molecule has 0 spiro atoms. The highest BCUT2D eigenvalue weighted by atomic mass is 35.5. The summed E-state index contributed by atoms with van der Waals surface area (Å²) in [6.45, 7) is 2.40. The van der Waals surface area contributed by atoms with Crippen molar-refractivity contribution in [3.8, 4) is 0 Å². The van der Waals surface area contributed by atoms with Crippen LogP contribution in [0.5, 0.6) is 0 Å². The summed E-state index contributed by atoms with van der Waals surface area (Å²) < 4.78 is 23.6. The van der Waals surface area contributed by atoms with Crippen molar-refractivity contribution in [1.82, 2.24) is 4.90 Å². The molecule has 0 atom stereocenters. The topological polar surface area (TPSA) is 91.8 Å². The molecular formula is C14H18ClNO5S. The predicted octanol–water partition coefficient (Wildman–Crippen LogP) is 1.58. The number of rotatable bonds is 7. The maximum Gasteiger partial charge on any atom is 0.323 e. The van der Waals surface area contributed by atoms with Gasteiger partial charge in [-0.1, -0.05) is 23.7 Å². The quantitative estimate of drug-likeness (QED) is 0.808. The summed E-state index contributed by atoms with van der Waals surface area (Å²) in [6, 6.07) is 6.54. The number of carboxylic acid groups (broad SMARTS) is 1. The Balaban J connectivity index is 2.90. The van der Waals surface area contributed by atoms with Gasteiger partial charge in [0, 0.05) is 11.6 Å². The van der Waals surface area contributed by atoms with Gasteiger partial charge in [0.05, 0.1) is 5.25 Å². The summed E-state index contributed by atoms with van der Waals surface area (Å²) in [6.07, 6.45) is 0. The smallest absolute Gasteiger partial charge is 0.323 e. The van der Waals surface area contributed by atoms with Gasteiger partial charge in [0.25, 0.3) is 0 Å². The van der Waals surface area contributed by atoms with Gasteiger partial charge in [-0.25, -0.2) is 8.42 Å². The Kier molecular flexibility index (Phi) is 6.37. The van der Waals surface area contributed by atoms with E-state index in [1.807, 2.05) is 0 Å². The lowest BCUT2D eigenvalue weighted by atomic mass is 10.2. The van der Waals surface area contributed by atoms with Crippen LogP contribution in [0.2, 0.25) is 5.02 Å². The molecule has 0 unspecified atom stereocenters. The Bertz CT molecular complexity index is 640. The van der Waals surface area contributed by atoms with Crippen molar-refractivity contribution in [2.45, 2.75) is 25.6 Å². The lowest BCUT2D eigenvalue weighted by molar-refractivity contribution is -0.143. The minimum Gasteiger partial charge on any atom is -0.480 e. The van der Waals surface area contributed by atoms with E-state index in [1.165, 1.54) is 13.8 Å². The lowest BCUT2D eigenvalue weighted by Crippen LogP contribution is -2.40. The molecule has 0 radical (unpaired) electrons. The number of hydrogen-bond donors (Lipinski definition) is 1. The molecule has 6 nitrogen and oxygen atoms in total. The van der Waals surface area contributed by atoms with E-state index < -0.39 is 39.3 Å². The van der Waals surface area contributed by atoms with Gasteiger partial charge < -0.3 is 10.0 Å². The van der Waals surface area contributed by atoms with Gasteiger partial charge in [0.15, 0.2) is 9.84 Å². The summed E-state index contributed by atoms with van der Waals surface area (Å²) in [4.78, 5) is 24.0. The summed E-state index contributed by atoms with van der Waals surface area (Å²) in [5.74, 6) is -2.64. The van der Waals surface area contributed by atoms with E-state index >= 15 is 0 Å². The average Bonchev–Trinajstić information content (AvgIpc) is 2.39. The number of carboxylic acids is 1. The molecule has 1 aromatic carbocycles. The van der Waals surface area contributed by atoms with Crippen LogP contribution in [0.1, 0.15) is 19.4 Å². The van der Waals surface area contributed by atoms with Crippen LogP contribution in [0, 0.1) is 0 Å². The van der Waals surface area contributed by atoms with Crippen molar-refractivity contribution in [1.29, 1.82) is 0 Å². The number of benzene rings is 1. The van der Waals surface area contributed by atoms with Crippen LogP contribution < -0.4 is 0 Å². The molecule has 8 heteroatoms. The van der Waals surface area contributed by atoms with Crippen LogP contribution in [0.3, 0.4) is 0 Å². The summed E-state index contributed by atoms with van der Waals surface area (Å²) in [5.41, 5.74) is 0.668. The van der Waals surface area contributed by atoms with Crippen molar-refractivity contribution >= 4 is 33.3 Å². The zero-order valence-corrected chi connectivity index (χ0v) is 13.9. The van der Waals surface area contributed by atoms with E-state index in [0.29, 0.717) is 10.6 Å². The van der Waals surface area contributed by atoms with Crippen LogP contribution in [-0.2, 0) is 26.0 Å². The number of carbonyl (C=O) groups excluding carboxylic acids is 1. The highest BCUT2D eigenvalue weighted by Crippen LogP contribution is 2.12. The Morgan fingerprint density at radius 2 is 1.77 bits per heavy atom. The standard InChI is InChI=1S/C14H18ClNO5S/c1-10(2)22(20,21)9-13(17)16(8-14(18)19)7-11-3-5-12(15)6-4-11/h3-6,10H,7-9H2,1-2H3,(H,18,19). The zero-order valence-electron chi connectivity index (χ0n) is 12.3. The number of carbonyl (C=O) groups is 2. The molecule has 1 amide bonds. The molecule has 0 saturated carbocycles. The second kappa shape index (κ2) is 7.60. The molecule has 22 heavy (non-hydrogen) atoms. The first kappa shape index (κ1) is 18.4. The minimum absolute atomic E-state index is 0.00984. The SMILES string of the molecule is CC(C)S(=O)(=O)CC(=O)N(CC(=O)O)Cc1ccc(Cl)cc1. The van der Waals surface area contributed by atoms with Gasteiger partial charge in [0.2, 0.25) is 5.91 Å². The molecule has 1 N–H and O–H groups in total. The minimum atomic E-state index is -3.58. The van der Waals surface area contributed by atoms with Gasteiger partial charge in [-0.05, 0) is 31.5 Å². The average molecular weight is 348 g/mol. The Morgan fingerprint density at radius 3 is 2.23 bits per heavy atom. The number of amides is 1. The van der Waals surface area contributed by atoms with Gasteiger partial charge in [0.1, 0.15) is 12.3 Å². The van der Waals surface area contributed by atoms with Crippen LogP contribution in [-0.4, -0.2) is 47.8 Å². The van der Waals surface area contributed by atoms with E-state index in [-0.39, 0.29) is 6.54 Å². The molecule has 122 valence electrons. The number of halogens is 1. The first-order valence-corrected chi connectivity index (χ1v) is 8.66.